The summed E-state index contributed by atoms with van der Waals surface area (Å²) in [6, 6.07) is 3.60. The molecule has 0 aliphatic carbocycles. The number of hydrogen-bond acceptors (Lipinski definition) is 4. The average molecular weight is 239 g/mol. The van der Waals surface area contributed by atoms with Crippen LogP contribution in [0.2, 0.25) is 0 Å². The minimum absolute atomic E-state index is 0.119. The zero-order valence-corrected chi connectivity index (χ0v) is 7.89. The van der Waals surface area contributed by atoms with Crippen molar-refractivity contribution >= 4 is 33.6 Å². The van der Waals surface area contributed by atoms with Crippen LogP contribution in [0.1, 0.15) is 0 Å². The highest BCUT2D eigenvalue weighted by atomic mass is 79.9. The van der Waals surface area contributed by atoms with Gasteiger partial charge in [0.05, 0.1) is 0 Å². The summed E-state index contributed by atoms with van der Waals surface area (Å²) in [4.78, 5) is 17.2. The maximum Gasteiger partial charge on any atom is 0.280 e. The Morgan fingerprint density at radius 2 is 2.38 bits per heavy atom. The van der Waals surface area contributed by atoms with E-state index in [1.54, 1.807) is 12.3 Å². The summed E-state index contributed by atoms with van der Waals surface area (Å²) in [6.45, 7) is 0. The molecule has 0 aliphatic heterocycles. The summed E-state index contributed by atoms with van der Waals surface area (Å²) in [7, 11) is 0. The minimum atomic E-state index is 0.119. The molecule has 64 valence electrons. The van der Waals surface area contributed by atoms with Crippen LogP contribution in [0.3, 0.4) is 0 Å². The number of aromatic nitrogens is 3. The predicted molar refractivity (Wildman–Crippen MR) is 48.5 cm³/mol. The first kappa shape index (κ1) is 8.10. The Kier molecular flexibility index (Phi) is 1.92. The molecule has 0 bridgehead atoms. The van der Waals surface area contributed by atoms with Crippen molar-refractivity contribution in [1.82, 2.24) is 14.6 Å². The smallest absolute Gasteiger partial charge is 0.218 e. The number of rotatable bonds is 1. The number of fused-ring (bicyclic) bond motifs is 1. The molecule has 0 amide bonds. The van der Waals surface area contributed by atoms with Crippen LogP contribution < -0.4 is 0 Å². The molecule has 0 aliphatic rings. The lowest BCUT2D eigenvalue weighted by atomic mass is 10.5. The van der Waals surface area contributed by atoms with Gasteiger partial charge in [0, 0.05) is 10.7 Å². The van der Waals surface area contributed by atoms with Gasteiger partial charge in [0.15, 0.2) is 5.65 Å². The van der Waals surface area contributed by atoms with E-state index in [1.807, 2.05) is 6.07 Å². The molecule has 0 saturated heterocycles. The topological polar surface area (TPSA) is 59.6 Å². The second-order valence-electron chi connectivity index (χ2n) is 2.26. The fourth-order valence-corrected chi connectivity index (χ4v) is 1.26. The van der Waals surface area contributed by atoms with Gasteiger partial charge in [-0.1, -0.05) is 0 Å². The Balaban J connectivity index is 2.68. The van der Waals surface area contributed by atoms with Gasteiger partial charge in [-0.15, -0.1) is 10.1 Å². The van der Waals surface area contributed by atoms with E-state index in [0.717, 1.165) is 4.47 Å². The summed E-state index contributed by atoms with van der Waals surface area (Å²) >= 11 is 3.28. The molecule has 2 aromatic rings. The van der Waals surface area contributed by atoms with Crippen LogP contribution >= 0.6 is 15.9 Å². The van der Waals surface area contributed by atoms with Crippen LogP contribution in [0, 0.1) is 0 Å². The molecule has 2 rings (SSSR count). The highest BCUT2D eigenvalue weighted by Gasteiger charge is 2.00. The first-order valence-corrected chi connectivity index (χ1v) is 4.19. The van der Waals surface area contributed by atoms with Gasteiger partial charge in [-0.25, -0.2) is 9.31 Å². The van der Waals surface area contributed by atoms with Crippen molar-refractivity contribution in [1.29, 1.82) is 0 Å². The van der Waals surface area contributed by atoms with E-state index >= 15 is 0 Å². The summed E-state index contributed by atoms with van der Waals surface area (Å²) in [5, 5.41) is 3.91. The van der Waals surface area contributed by atoms with Gasteiger partial charge in [0.25, 0.3) is 5.95 Å². The lowest BCUT2D eigenvalue weighted by molar-refractivity contribution is 0.565. The van der Waals surface area contributed by atoms with Crippen molar-refractivity contribution in [2.45, 2.75) is 0 Å². The number of halogens is 1. The van der Waals surface area contributed by atoms with Crippen LogP contribution in [0.15, 0.2) is 27.8 Å². The summed E-state index contributed by atoms with van der Waals surface area (Å²) < 4.78 is 2.41. The van der Waals surface area contributed by atoms with Crippen LogP contribution in [0.5, 0.6) is 0 Å². The molecule has 5 nitrogen and oxygen atoms in total. The molecule has 0 fully saturated rings. The summed E-state index contributed by atoms with van der Waals surface area (Å²) in [6.07, 6.45) is 3.11. The van der Waals surface area contributed by atoms with Crippen LogP contribution in [-0.2, 0) is 4.79 Å². The molecule has 0 spiro atoms. The van der Waals surface area contributed by atoms with E-state index < -0.39 is 0 Å². The number of aliphatic imine (C=N–C) groups is 1. The highest BCUT2D eigenvalue weighted by Crippen LogP contribution is 2.12. The number of isocyanates is 1. The minimum Gasteiger partial charge on any atom is -0.218 e. The lowest BCUT2D eigenvalue weighted by Gasteiger charge is -1.89. The molecule has 0 atom stereocenters. The number of hydrogen-bond donors (Lipinski definition) is 0. The van der Waals surface area contributed by atoms with E-state index in [9.17, 15) is 4.79 Å². The van der Waals surface area contributed by atoms with Crippen molar-refractivity contribution < 1.29 is 4.79 Å². The Labute approximate surface area is 81.2 Å². The molecule has 6 heteroatoms. The Bertz CT molecular complexity index is 500. The largest absolute Gasteiger partial charge is 0.280 e. The van der Waals surface area contributed by atoms with E-state index in [4.69, 9.17) is 0 Å². The van der Waals surface area contributed by atoms with E-state index in [0.29, 0.717) is 5.65 Å². The Hall–Kier alpha value is -1.52. The molecule has 2 aromatic heterocycles. The van der Waals surface area contributed by atoms with Gasteiger partial charge in [0.1, 0.15) is 0 Å². The number of nitrogens with zero attached hydrogens (tertiary/aromatic N) is 4. The number of pyridine rings is 1. The normalized spacial score (nSPS) is 9.92. The second-order valence-corrected chi connectivity index (χ2v) is 3.18. The Morgan fingerprint density at radius 3 is 3.15 bits per heavy atom. The third-order valence-electron chi connectivity index (χ3n) is 1.43. The second kappa shape index (κ2) is 3.08. The van der Waals surface area contributed by atoms with Crippen LogP contribution in [0.4, 0.5) is 5.95 Å². The van der Waals surface area contributed by atoms with E-state index in [2.05, 4.69) is 31.0 Å². The average Bonchev–Trinajstić information content (AvgIpc) is 2.46. The van der Waals surface area contributed by atoms with Crippen molar-refractivity contribution in [3.8, 4) is 0 Å². The molecule has 0 unspecified atom stereocenters. The van der Waals surface area contributed by atoms with E-state index in [-0.39, 0.29) is 5.95 Å². The van der Waals surface area contributed by atoms with Gasteiger partial charge >= 0.3 is 0 Å². The van der Waals surface area contributed by atoms with E-state index in [1.165, 1.54) is 10.6 Å². The first-order chi connectivity index (χ1) is 6.29. The number of carbonyl (C=O) groups excluding carboxylic acids is 1. The third-order valence-corrected chi connectivity index (χ3v) is 1.90. The molecule has 13 heavy (non-hydrogen) atoms. The molecule has 2 heterocycles. The molecule has 0 aromatic carbocycles. The summed E-state index contributed by atoms with van der Waals surface area (Å²) in [5.74, 6) is 0.119. The zero-order valence-electron chi connectivity index (χ0n) is 6.31. The molecule has 0 saturated carbocycles. The molecular formula is C7H3BrN4O. The van der Waals surface area contributed by atoms with Gasteiger partial charge < -0.3 is 0 Å². The van der Waals surface area contributed by atoms with Crippen LogP contribution in [-0.4, -0.2) is 20.7 Å². The predicted octanol–water partition coefficient (Wildman–Crippen LogP) is 1.46. The first-order valence-electron chi connectivity index (χ1n) is 3.39. The Morgan fingerprint density at radius 1 is 1.54 bits per heavy atom. The van der Waals surface area contributed by atoms with Gasteiger partial charge in [0.2, 0.25) is 6.08 Å². The summed E-state index contributed by atoms with van der Waals surface area (Å²) in [5.41, 5.74) is 0.636. The highest BCUT2D eigenvalue weighted by molar-refractivity contribution is 9.10. The fraction of sp³-hybridized carbons (Fsp3) is 0. The van der Waals surface area contributed by atoms with Crippen molar-refractivity contribution in [3.63, 3.8) is 0 Å². The SMILES string of the molecule is O=C=Nc1nc2ccc(Br)cn2n1. The zero-order chi connectivity index (χ0) is 9.26. The fourth-order valence-electron chi connectivity index (χ4n) is 0.934. The van der Waals surface area contributed by atoms with Crippen LogP contribution in [0.25, 0.3) is 5.65 Å². The van der Waals surface area contributed by atoms with Crippen molar-refractivity contribution in [2.24, 2.45) is 4.99 Å². The third kappa shape index (κ3) is 1.49. The van der Waals surface area contributed by atoms with Gasteiger partial charge in [-0.05, 0) is 28.1 Å². The monoisotopic (exact) mass is 238 g/mol. The quantitative estimate of drug-likeness (QED) is 0.559. The van der Waals surface area contributed by atoms with Crippen molar-refractivity contribution in [2.75, 3.05) is 0 Å². The molecule has 0 N–H and O–H groups in total. The van der Waals surface area contributed by atoms with Gasteiger partial charge in [-0.2, -0.15) is 4.98 Å². The van der Waals surface area contributed by atoms with Gasteiger partial charge in [-0.3, -0.25) is 0 Å². The molecule has 0 radical (unpaired) electrons. The maximum absolute atomic E-state index is 9.93. The van der Waals surface area contributed by atoms with Crippen molar-refractivity contribution in [3.05, 3.63) is 22.8 Å². The molecular weight excluding hydrogens is 236 g/mol. The standard InChI is InChI=1S/C7H3BrN4O/c8-5-1-2-6-10-7(9-4-13)11-12(6)3-5/h1-3H. The lowest BCUT2D eigenvalue weighted by Crippen LogP contribution is -1.84. The maximum atomic E-state index is 9.93.